The summed E-state index contributed by atoms with van der Waals surface area (Å²) in [5, 5.41) is 18.0. The maximum absolute atomic E-state index is 12.8. The van der Waals surface area contributed by atoms with Crippen molar-refractivity contribution in [1.82, 2.24) is 15.1 Å². The maximum Gasteiger partial charge on any atom is 0.435 e. The number of oxime groups is 1. The van der Waals surface area contributed by atoms with Gasteiger partial charge in [-0.1, -0.05) is 30.7 Å². The van der Waals surface area contributed by atoms with Crippen LogP contribution in [0, 0.1) is 34.5 Å². The van der Waals surface area contributed by atoms with Crippen LogP contribution in [0.3, 0.4) is 0 Å². The van der Waals surface area contributed by atoms with E-state index < -0.39 is 6.09 Å². The number of fused-ring (bicyclic) bond motifs is 5. The van der Waals surface area contributed by atoms with E-state index in [9.17, 15) is 14.7 Å². The molecule has 2 N–H and O–H groups in total. The summed E-state index contributed by atoms with van der Waals surface area (Å²) in [6.07, 6.45) is 12.3. The second-order valence-corrected chi connectivity index (χ2v) is 14.0. The molecule has 5 rings (SSSR count). The number of rotatable bonds is 5. The molecule has 1 saturated heterocycles. The molecule has 39 heavy (non-hydrogen) atoms. The van der Waals surface area contributed by atoms with Crippen LogP contribution in [0.5, 0.6) is 0 Å². The summed E-state index contributed by atoms with van der Waals surface area (Å²) in [6, 6.07) is -0.107. The summed E-state index contributed by atoms with van der Waals surface area (Å²) < 4.78 is 0. The van der Waals surface area contributed by atoms with Gasteiger partial charge in [0.15, 0.2) is 0 Å². The van der Waals surface area contributed by atoms with Crippen LogP contribution in [-0.4, -0.2) is 78.5 Å². The molecule has 218 valence electrons. The van der Waals surface area contributed by atoms with Crippen LogP contribution in [-0.2, 0) is 9.63 Å². The van der Waals surface area contributed by atoms with Gasteiger partial charge in [0.05, 0.1) is 17.9 Å². The molecule has 1 heterocycles. The predicted octanol–water partition coefficient (Wildman–Crippen LogP) is 4.58. The minimum Gasteiger partial charge on any atom is -0.393 e. The second-order valence-electron chi connectivity index (χ2n) is 14.0. The molecule has 0 aromatic heterocycles. The van der Waals surface area contributed by atoms with E-state index in [-0.39, 0.29) is 34.9 Å². The number of nitrogens with one attached hydrogen (secondary N) is 1. The first-order valence-corrected chi connectivity index (χ1v) is 15.3. The number of hydrogen-bond acceptors (Lipinski definition) is 6. The number of nitrogens with zero attached hydrogens (tertiary/aromatic N) is 3. The Morgan fingerprint density at radius 3 is 2.59 bits per heavy atom. The topological polar surface area (TPSA) is 94.5 Å². The number of amides is 2. The summed E-state index contributed by atoms with van der Waals surface area (Å²) in [7, 11) is 5.27. The summed E-state index contributed by atoms with van der Waals surface area (Å²) in [4.78, 5) is 33.7. The Morgan fingerprint density at radius 1 is 1.08 bits per heavy atom. The fraction of sp³-hybridized carbons (Fsp3) is 0.839. The average Bonchev–Trinajstić information content (AvgIpc) is 3.50. The summed E-state index contributed by atoms with van der Waals surface area (Å²) >= 11 is 0. The van der Waals surface area contributed by atoms with E-state index in [0.717, 1.165) is 50.7 Å². The van der Waals surface area contributed by atoms with Crippen molar-refractivity contribution in [2.45, 2.75) is 103 Å². The highest BCUT2D eigenvalue weighted by Gasteiger charge is 2.59. The first kappa shape index (κ1) is 28.6. The van der Waals surface area contributed by atoms with Gasteiger partial charge in [0.25, 0.3) is 0 Å². The highest BCUT2D eigenvalue weighted by Crippen LogP contribution is 2.66. The summed E-state index contributed by atoms with van der Waals surface area (Å²) in [5.74, 6) is 2.49. The predicted molar refractivity (Wildman–Crippen MR) is 152 cm³/mol. The molecule has 1 aliphatic heterocycles. The van der Waals surface area contributed by atoms with Crippen LogP contribution in [0.1, 0.15) is 85.0 Å². The molecule has 5 aliphatic rings. The van der Waals surface area contributed by atoms with Gasteiger partial charge in [-0.3, -0.25) is 9.63 Å². The van der Waals surface area contributed by atoms with Crippen molar-refractivity contribution in [3.8, 4) is 0 Å². The molecule has 9 atom stereocenters. The van der Waals surface area contributed by atoms with Gasteiger partial charge in [-0.05, 0) is 99.7 Å². The van der Waals surface area contributed by atoms with E-state index in [1.54, 1.807) is 30.9 Å². The third kappa shape index (κ3) is 5.16. The number of likely N-dealkylation sites (N-methyl/N-ethyl adjacent to an activating group) is 2. The van der Waals surface area contributed by atoms with Gasteiger partial charge in [0.2, 0.25) is 5.91 Å². The molecule has 8 nitrogen and oxygen atoms in total. The average molecular weight is 543 g/mol. The zero-order valence-electron chi connectivity index (χ0n) is 24.9. The van der Waals surface area contributed by atoms with E-state index in [4.69, 9.17) is 4.84 Å². The number of hydrogen-bond donors (Lipinski definition) is 2. The fourth-order valence-corrected chi connectivity index (χ4v) is 9.45. The Balaban J connectivity index is 1.18. The Morgan fingerprint density at radius 2 is 1.85 bits per heavy atom. The van der Waals surface area contributed by atoms with Gasteiger partial charge < -0.3 is 20.2 Å². The Bertz CT molecular complexity index is 1030. The molecular formula is C31H50N4O4. The quantitative estimate of drug-likeness (QED) is 0.230. The molecule has 4 fully saturated rings. The number of aliphatic hydroxyl groups excluding tert-OH is 1. The van der Waals surface area contributed by atoms with Crippen LogP contribution in [0.2, 0.25) is 0 Å². The standard InChI is InChI=1S/C31H50N4O4/c1-19(33-39-29(38)35(6)18-21-8-12-27(32-21)28(37)34(4)5)24-10-11-25-23-9-7-20-17-22(36)13-15-30(20,2)26(23)14-16-31(24,25)3/h7,21-27,32,36H,8-18H2,1-6H3/b33-19+/t21?,22-,23-,24+,25-,26-,27?,30-,31+/m0/s1. The molecular weight excluding hydrogens is 492 g/mol. The van der Waals surface area contributed by atoms with E-state index in [1.807, 2.05) is 6.92 Å². The zero-order chi connectivity index (χ0) is 28.1. The Kier molecular flexibility index (Phi) is 7.92. The van der Waals surface area contributed by atoms with E-state index >= 15 is 0 Å². The van der Waals surface area contributed by atoms with E-state index in [0.29, 0.717) is 30.2 Å². The van der Waals surface area contributed by atoms with Crippen LogP contribution in [0.4, 0.5) is 4.79 Å². The molecule has 0 radical (unpaired) electrons. The lowest BCUT2D eigenvalue weighted by atomic mass is 9.47. The smallest absolute Gasteiger partial charge is 0.393 e. The van der Waals surface area contributed by atoms with Crippen LogP contribution < -0.4 is 5.32 Å². The van der Waals surface area contributed by atoms with Crippen molar-refractivity contribution in [3.63, 3.8) is 0 Å². The van der Waals surface area contributed by atoms with Crippen molar-refractivity contribution in [3.05, 3.63) is 11.6 Å². The van der Waals surface area contributed by atoms with Crippen molar-refractivity contribution in [2.24, 2.45) is 39.7 Å². The minimum atomic E-state index is -0.445. The highest BCUT2D eigenvalue weighted by atomic mass is 16.7. The normalized spacial score (nSPS) is 41.7. The monoisotopic (exact) mass is 542 g/mol. The number of aliphatic hydroxyl groups is 1. The molecule has 2 unspecified atom stereocenters. The minimum absolute atomic E-state index is 0.0746. The third-order valence-electron chi connectivity index (χ3n) is 11.6. The lowest BCUT2D eigenvalue weighted by Crippen LogP contribution is -2.50. The summed E-state index contributed by atoms with van der Waals surface area (Å²) in [5.41, 5.74) is 2.89. The van der Waals surface area contributed by atoms with Crippen molar-refractivity contribution in [1.29, 1.82) is 0 Å². The van der Waals surface area contributed by atoms with Crippen LogP contribution in [0.15, 0.2) is 16.8 Å². The van der Waals surface area contributed by atoms with Crippen molar-refractivity contribution >= 4 is 17.7 Å². The molecule has 8 heteroatoms. The van der Waals surface area contributed by atoms with Gasteiger partial charge in [0, 0.05) is 39.6 Å². The van der Waals surface area contributed by atoms with Crippen LogP contribution in [0.25, 0.3) is 0 Å². The number of carbonyl (C=O) groups excluding carboxylic acids is 2. The number of allylic oxidation sites excluding steroid dienone is 1. The SMILES string of the molecule is C/C(=N\OC(=O)N(C)CC1CCC(C(=O)N(C)C)N1)[C@H]1CC[C@H]2[C@@H]3CC=C4C[C@@H](O)CC[C@]4(C)[C@H]3CC[C@]12C. The first-order chi connectivity index (χ1) is 18.4. The summed E-state index contributed by atoms with van der Waals surface area (Å²) in [6.45, 7) is 7.46. The first-order valence-electron chi connectivity index (χ1n) is 15.3. The van der Waals surface area contributed by atoms with Crippen LogP contribution >= 0.6 is 0 Å². The van der Waals surface area contributed by atoms with Crippen molar-refractivity contribution < 1.29 is 19.5 Å². The van der Waals surface area contributed by atoms with Gasteiger partial charge >= 0.3 is 6.09 Å². The van der Waals surface area contributed by atoms with Gasteiger partial charge in [-0.25, -0.2) is 4.79 Å². The Labute approximate surface area is 234 Å². The molecule has 4 aliphatic carbocycles. The lowest BCUT2D eigenvalue weighted by Gasteiger charge is -2.58. The van der Waals surface area contributed by atoms with Gasteiger partial charge in [-0.2, -0.15) is 0 Å². The Hall–Kier alpha value is -1.93. The molecule has 2 amide bonds. The number of carbonyl (C=O) groups is 2. The highest BCUT2D eigenvalue weighted by molar-refractivity contribution is 5.85. The molecule has 0 aromatic carbocycles. The zero-order valence-corrected chi connectivity index (χ0v) is 24.9. The molecule has 3 saturated carbocycles. The lowest BCUT2D eigenvalue weighted by molar-refractivity contribution is -0.130. The molecule has 0 aromatic rings. The van der Waals surface area contributed by atoms with E-state index in [1.165, 1.54) is 24.8 Å². The fourth-order valence-electron chi connectivity index (χ4n) is 9.45. The maximum atomic E-state index is 12.8. The van der Waals surface area contributed by atoms with Gasteiger partial charge in [0.1, 0.15) is 0 Å². The largest absolute Gasteiger partial charge is 0.435 e. The molecule has 0 spiro atoms. The van der Waals surface area contributed by atoms with Crippen molar-refractivity contribution in [2.75, 3.05) is 27.7 Å². The van der Waals surface area contributed by atoms with E-state index in [2.05, 4.69) is 30.4 Å². The molecule has 0 bridgehead atoms. The second kappa shape index (κ2) is 10.8. The third-order valence-corrected chi connectivity index (χ3v) is 11.6. The van der Waals surface area contributed by atoms with Gasteiger partial charge in [-0.15, -0.1) is 0 Å².